The van der Waals surface area contributed by atoms with Crippen LogP contribution in [0.2, 0.25) is 0 Å². The molecule has 0 aliphatic rings. The second-order valence-corrected chi connectivity index (χ2v) is 9.62. The average molecular weight is 457 g/mol. The quantitative estimate of drug-likeness (QED) is 0.645. The van der Waals surface area contributed by atoms with Crippen LogP contribution in [0.3, 0.4) is 0 Å². The van der Waals surface area contributed by atoms with Gasteiger partial charge in [0.25, 0.3) is 0 Å². The Bertz CT molecular complexity index is 853. The van der Waals surface area contributed by atoms with Crippen LogP contribution < -0.4 is 5.32 Å². The molecule has 0 heterocycles. The summed E-state index contributed by atoms with van der Waals surface area (Å²) in [7, 11) is -2.31. The monoisotopic (exact) mass is 456 g/mol. The van der Waals surface area contributed by atoms with E-state index in [4.69, 9.17) is 0 Å². The molecule has 5 nitrogen and oxygen atoms in total. The van der Waals surface area contributed by atoms with E-state index in [1.165, 1.54) is 19.2 Å². The van der Waals surface area contributed by atoms with Crippen molar-refractivity contribution in [3.8, 4) is 0 Å². The molecule has 0 aromatic heterocycles. The molecule has 0 aliphatic heterocycles. The van der Waals surface area contributed by atoms with E-state index in [1.54, 1.807) is 23.9 Å². The summed E-state index contributed by atoms with van der Waals surface area (Å²) in [6, 6.07) is 14.0. The lowest BCUT2D eigenvalue weighted by Gasteiger charge is -2.19. The van der Waals surface area contributed by atoms with Gasteiger partial charge < -0.3 is 5.32 Å². The summed E-state index contributed by atoms with van der Waals surface area (Å²) in [6.07, 6.45) is 2.00. The Hall–Kier alpha value is -1.35. The average Bonchev–Trinajstić information content (AvgIpc) is 2.61. The number of benzene rings is 2. The summed E-state index contributed by atoms with van der Waals surface area (Å²) in [5, 5.41) is 2.84. The number of carbonyl (C=O) groups excluding carboxylic acids is 1. The third kappa shape index (κ3) is 5.33. The van der Waals surface area contributed by atoms with Crippen LogP contribution in [0.15, 0.2) is 62.8 Å². The lowest BCUT2D eigenvalue weighted by atomic mass is 10.1. The number of halogens is 1. The van der Waals surface area contributed by atoms with Crippen LogP contribution in [-0.2, 0) is 14.8 Å². The molecular weight excluding hydrogens is 436 g/mol. The number of sulfonamides is 1. The minimum Gasteiger partial charge on any atom is -0.348 e. The second kappa shape index (κ2) is 9.03. The molecule has 0 saturated heterocycles. The summed E-state index contributed by atoms with van der Waals surface area (Å²) in [4.78, 5) is 13.6. The van der Waals surface area contributed by atoms with Crippen molar-refractivity contribution in [1.29, 1.82) is 0 Å². The maximum atomic E-state index is 12.5. The Balaban J connectivity index is 2.00. The first kappa shape index (κ1) is 21.0. The molecule has 0 unspecified atom stereocenters. The van der Waals surface area contributed by atoms with E-state index in [0.717, 1.165) is 19.2 Å². The van der Waals surface area contributed by atoms with E-state index in [-0.39, 0.29) is 23.4 Å². The third-order valence-electron chi connectivity index (χ3n) is 3.88. The molecule has 1 amide bonds. The first-order valence-electron chi connectivity index (χ1n) is 7.89. The van der Waals surface area contributed by atoms with Gasteiger partial charge in [-0.25, -0.2) is 8.42 Å². The van der Waals surface area contributed by atoms with E-state index in [9.17, 15) is 13.2 Å². The van der Waals surface area contributed by atoms with E-state index < -0.39 is 10.0 Å². The molecule has 0 radical (unpaired) electrons. The highest BCUT2D eigenvalue weighted by Crippen LogP contribution is 2.20. The number of likely N-dealkylation sites (N-methyl/N-ethyl adjacent to an activating group) is 1. The fourth-order valence-corrected chi connectivity index (χ4v) is 4.14. The number of amides is 1. The summed E-state index contributed by atoms with van der Waals surface area (Å²) in [5.74, 6) is -0.352. The Morgan fingerprint density at radius 2 is 1.73 bits per heavy atom. The van der Waals surface area contributed by atoms with Gasteiger partial charge >= 0.3 is 0 Å². The van der Waals surface area contributed by atoms with Crippen LogP contribution >= 0.6 is 27.7 Å². The fraction of sp³-hybridized carbons (Fsp3) is 0.278. The molecule has 0 fully saturated rings. The van der Waals surface area contributed by atoms with Gasteiger partial charge in [-0.15, -0.1) is 11.8 Å². The predicted octanol–water partition coefficient (Wildman–Crippen LogP) is 3.67. The molecule has 2 rings (SSSR count). The van der Waals surface area contributed by atoms with Gasteiger partial charge in [0.05, 0.1) is 17.5 Å². The van der Waals surface area contributed by atoms with Crippen molar-refractivity contribution < 1.29 is 13.2 Å². The largest absolute Gasteiger partial charge is 0.348 e. The number of nitrogens with zero attached hydrogens (tertiary/aromatic N) is 1. The molecule has 1 N–H and O–H groups in total. The molecule has 8 heteroatoms. The Kier molecular flexibility index (Phi) is 7.28. The number of hydrogen-bond donors (Lipinski definition) is 1. The second-order valence-electron chi connectivity index (χ2n) is 5.78. The zero-order chi connectivity index (χ0) is 19.3. The molecule has 0 aliphatic carbocycles. The highest BCUT2D eigenvalue weighted by Gasteiger charge is 2.23. The van der Waals surface area contributed by atoms with E-state index in [0.29, 0.717) is 0 Å². The van der Waals surface area contributed by atoms with Crippen molar-refractivity contribution in [1.82, 2.24) is 9.62 Å². The van der Waals surface area contributed by atoms with E-state index in [2.05, 4.69) is 21.2 Å². The maximum Gasteiger partial charge on any atom is 0.243 e. The van der Waals surface area contributed by atoms with Crippen LogP contribution in [0.1, 0.15) is 18.5 Å². The van der Waals surface area contributed by atoms with Gasteiger partial charge in [-0.05, 0) is 55.1 Å². The number of hydrogen-bond acceptors (Lipinski definition) is 4. The molecule has 0 saturated carbocycles. The van der Waals surface area contributed by atoms with Crippen molar-refractivity contribution in [2.75, 3.05) is 19.8 Å². The molecule has 2 aromatic carbocycles. The highest BCUT2D eigenvalue weighted by atomic mass is 79.9. The normalized spacial score (nSPS) is 12.8. The zero-order valence-electron chi connectivity index (χ0n) is 14.8. The Morgan fingerprint density at radius 3 is 2.27 bits per heavy atom. The molecule has 2 aromatic rings. The summed E-state index contributed by atoms with van der Waals surface area (Å²) in [6.45, 7) is 1.63. The lowest BCUT2D eigenvalue weighted by molar-refractivity contribution is -0.121. The molecule has 140 valence electrons. The predicted molar refractivity (Wildman–Crippen MR) is 109 cm³/mol. The zero-order valence-corrected chi connectivity index (χ0v) is 18.0. The summed E-state index contributed by atoms with van der Waals surface area (Å²) < 4.78 is 26.9. The minimum atomic E-state index is -3.71. The van der Waals surface area contributed by atoms with Crippen molar-refractivity contribution >= 4 is 43.6 Å². The van der Waals surface area contributed by atoms with Gasteiger partial charge in [0.15, 0.2) is 0 Å². The first-order valence-corrected chi connectivity index (χ1v) is 11.3. The SMILES string of the molecule is CSc1ccc([C@@H](C)NC(=O)CN(C)S(=O)(=O)c2ccc(Br)cc2)cc1. The van der Waals surface area contributed by atoms with Crippen molar-refractivity contribution in [2.24, 2.45) is 0 Å². The Labute approximate surface area is 167 Å². The number of carbonyl (C=O) groups is 1. The number of thioether (sulfide) groups is 1. The smallest absolute Gasteiger partial charge is 0.243 e. The van der Waals surface area contributed by atoms with E-state index >= 15 is 0 Å². The number of nitrogens with one attached hydrogen (secondary N) is 1. The minimum absolute atomic E-state index is 0.150. The summed E-state index contributed by atoms with van der Waals surface area (Å²) in [5.41, 5.74) is 0.967. The highest BCUT2D eigenvalue weighted by molar-refractivity contribution is 9.10. The van der Waals surface area contributed by atoms with Gasteiger partial charge in [0.1, 0.15) is 0 Å². The van der Waals surface area contributed by atoms with Crippen molar-refractivity contribution in [3.05, 3.63) is 58.6 Å². The van der Waals surface area contributed by atoms with Gasteiger partial charge in [0, 0.05) is 16.4 Å². The van der Waals surface area contributed by atoms with Crippen LogP contribution in [-0.4, -0.2) is 38.5 Å². The lowest BCUT2D eigenvalue weighted by Crippen LogP contribution is -2.39. The number of rotatable bonds is 7. The first-order chi connectivity index (χ1) is 12.2. The third-order valence-corrected chi connectivity index (χ3v) is 6.97. The van der Waals surface area contributed by atoms with Gasteiger partial charge in [-0.1, -0.05) is 28.1 Å². The maximum absolute atomic E-state index is 12.5. The van der Waals surface area contributed by atoms with Crippen LogP contribution in [0, 0.1) is 0 Å². The van der Waals surface area contributed by atoms with Crippen molar-refractivity contribution in [3.63, 3.8) is 0 Å². The Morgan fingerprint density at radius 1 is 1.15 bits per heavy atom. The standard InChI is InChI=1S/C18H21BrN2O3S2/c1-13(14-4-8-16(25-3)9-5-14)20-18(22)12-21(2)26(23,24)17-10-6-15(19)7-11-17/h4-11,13H,12H2,1-3H3,(H,20,22)/t13-/m1/s1. The van der Waals surface area contributed by atoms with Crippen LogP contribution in [0.4, 0.5) is 0 Å². The molecule has 0 bridgehead atoms. The molecule has 1 atom stereocenters. The summed E-state index contributed by atoms with van der Waals surface area (Å²) >= 11 is 4.92. The van der Waals surface area contributed by atoms with Crippen LogP contribution in [0.25, 0.3) is 0 Å². The van der Waals surface area contributed by atoms with Gasteiger partial charge in [0.2, 0.25) is 15.9 Å². The van der Waals surface area contributed by atoms with Gasteiger partial charge in [-0.2, -0.15) is 4.31 Å². The topological polar surface area (TPSA) is 66.5 Å². The van der Waals surface area contributed by atoms with Crippen LogP contribution in [0.5, 0.6) is 0 Å². The molecule has 0 spiro atoms. The molecule has 26 heavy (non-hydrogen) atoms. The van der Waals surface area contributed by atoms with Gasteiger partial charge in [-0.3, -0.25) is 4.79 Å². The van der Waals surface area contributed by atoms with E-state index in [1.807, 2.05) is 37.4 Å². The van der Waals surface area contributed by atoms with Crippen molar-refractivity contribution in [2.45, 2.75) is 22.8 Å². The fourth-order valence-electron chi connectivity index (χ4n) is 2.34. The molecular formula is C18H21BrN2O3S2.